The molecule has 0 spiro atoms. The Morgan fingerprint density at radius 3 is 2.75 bits per heavy atom. The number of nitrogens with zero attached hydrogens (tertiary/aromatic N) is 5. The molecule has 0 unspecified atom stereocenters. The van der Waals surface area contributed by atoms with E-state index in [0.717, 1.165) is 47.7 Å². The predicted molar refractivity (Wildman–Crippen MR) is 107 cm³/mol. The van der Waals surface area contributed by atoms with Crippen molar-refractivity contribution in [3.63, 3.8) is 0 Å². The molecule has 0 radical (unpaired) electrons. The number of benzene rings is 1. The highest BCUT2D eigenvalue weighted by molar-refractivity contribution is 5.96. The highest BCUT2D eigenvalue weighted by Crippen LogP contribution is 2.31. The summed E-state index contributed by atoms with van der Waals surface area (Å²) in [5, 5.41) is 17.3. The van der Waals surface area contributed by atoms with Gasteiger partial charge in [-0.05, 0) is 53.8 Å². The van der Waals surface area contributed by atoms with E-state index in [1.54, 1.807) is 0 Å². The molecule has 0 atom stereocenters. The molecule has 1 aromatic carbocycles. The average molecular weight is 377 g/mol. The number of aryl methyl sites for hydroxylation is 1. The minimum absolute atomic E-state index is 0.190. The van der Waals surface area contributed by atoms with Gasteiger partial charge in [0.25, 0.3) is 0 Å². The zero-order chi connectivity index (χ0) is 19.5. The number of aromatic amines is 1. The van der Waals surface area contributed by atoms with Crippen molar-refractivity contribution in [1.29, 1.82) is 0 Å². The van der Waals surface area contributed by atoms with Crippen LogP contribution in [0.1, 0.15) is 32.3 Å². The van der Waals surface area contributed by atoms with E-state index in [0.29, 0.717) is 18.2 Å². The quantitative estimate of drug-likeness (QED) is 0.683. The van der Waals surface area contributed by atoms with E-state index in [2.05, 4.69) is 44.8 Å². The van der Waals surface area contributed by atoms with Gasteiger partial charge < -0.3 is 10.2 Å². The molecule has 1 aliphatic rings. The van der Waals surface area contributed by atoms with Crippen molar-refractivity contribution in [2.75, 3.05) is 16.8 Å². The Hall–Kier alpha value is -3.29. The van der Waals surface area contributed by atoms with Gasteiger partial charge in [0.1, 0.15) is 5.82 Å². The van der Waals surface area contributed by atoms with E-state index in [9.17, 15) is 4.79 Å². The second kappa shape index (κ2) is 7.75. The van der Waals surface area contributed by atoms with Crippen LogP contribution in [-0.4, -0.2) is 38.1 Å². The molecule has 0 bridgehead atoms. The second-order valence-corrected chi connectivity index (χ2v) is 7.36. The molecule has 0 aliphatic carbocycles. The molecule has 1 aliphatic heterocycles. The van der Waals surface area contributed by atoms with Crippen molar-refractivity contribution in [2.24, 2.45) is 5.92 Å². The third-order valence-corrected chi connectivity index (χ3v) is 4.85. The number of carbonyl (C=O) groups excluding carboxylic acids is 1. The summed E-state index contributed by atoms with van der Waals surface area (Å²) in [5.74, 6) is 2.01. The van der Waals surface area contributed by atoms with Crippen LogP contribution in [0.3, 0.4) is 0 Å². The minimum atomic E-state index is 0.190. The Morgan fingerprint density at radius 1 is 1.21 bits per heavy atom. The molecular weight excluding hydrogens is 354 g/mol. The number of carbonyl (C=O) groups is 1. The van der Waals surface area contributed by atoms with Crippen molar-refractivity contribution in [1.82, 2.24) is 25.6 Å². The van der Waals surface area contributed by atoms with Crippen LogP contribution in [0.5, 0.6) is 0 Å². The number of rotatable bonds is 6. The number of hydrogen-bond acceptors (Lipinski definition) is 6. The Bertz CT molecular complexity index is 951. The van der Waals surface area contributed by atoms with Gasteiger partial charge in [-0.25, -0.2) is 4.98 Å². The number of tetrazole rings is 1. The number of pyridine rings is 1. The van der Waals surface area contributed by atoms with Crippen molar-refractivity contribution < 1.29 is 4.79 Å². The van der Waals surface area contributed by atoms with Gasteiger partial charge in [-0.15, -0.1) is 10.2 Å². The number of nitrogens with one attached hydrogen (secondary N) is 2. The number of hydrogen-bond donors (Lipinski definition) is 2. The zero-order valence-electron chi connectivity index (χ0n) is 16.0. The molecule has 0 fully saturated rings. The van der Waals surface area contributed by atoms with Gasteiger partial charge in [-0.2, -0.15) is 5.21 Å². The molecule has 1 amide bonds. The van der Waals surface area contributed by atoms with E-state index in [1.807, 2.05) is 41.4 Å². The fourth-order valence-electron chi connectivity index (χ4n) is 3.26. The molecule has 8 nitrogen and oxygen atoms in total. The van der Waals surface area contributed by atoms with Gasteiger partial charge in [0.05, 0.1) is 5.69 Å². The van der Waals surface area contributed by atoms with Gasteiger partial charge in [-0.3, -0.25) is 4.79 Å². The SMILES string of the molecule is CC(C)CCN1C(=O)CCc2cnc(Nc3ccc(-c4nn[nH]n4)cc3)cc21. The van der Waals surface area contributed by atoms with E-state index in [4.69, 9.17) is 0 Å². The fraction of sp³-hybridized carbons (Fsp3) is 0.350. The first-order valence-electron chi connectivity index (χ1n) is 9.50. The van der Waals surface area contributed by atoms with Crippen molar-refractivity contribution in [3.05, 3.63) is 42.1 Å². The van der Waals surface area contributed by atoms with E-state index >= 15 is 0 Å². The van der Waals surface area contributed by atoms with Gasteiger partial charge in [0.15, 0.2) is 0 Å². The number of H-pyrrole nitrogens is 1. The Kier molecular flexibility index (Phi) is 5.01. The maximum atomic E-state index is 12.5. The lowest BCUT2D eigenvalue weighted by atomic mass is 10.0. The van der Waals surface area contributed by atoms with Crippen LogP contribution in [0.4, 0.5) is 17.2 Å². The highest BCUT2D eigenvalue weighted by atomic mass is 16.2. The maximum absolute atomic E-state index is 12.5. The molecule has 144 valence electrons. The highest BCUT2D eigenvalue weighted by Gasteiger charge is 2.24. The molecule has 2 N–H and O–H groups in total. The summed E-state index contributed by atoms with van der Waals surface area (Å²) in [6.07, 6.45) is 4.16. The number of anilines is 3. The Balaban J connectivity index is 1.54. The lowest BCUT2D eigenvalue weighted by Gasteiger charge is -2.30. The van der Waals surface area contributed by atoms with Gasteiger partial charge >= 0.3 is 0 Å². The standard InChI is InChI=1S/C20H23N7O/c1-13(2)9-10-27-17-11-18(21-12-15(17)5-8-19(27)28)22-16-6-3-14(4-7-16)20-23-25-26-24-20/h3-4,6-7,11-13H,5,8-10H2,1-2H3,(H,21,22)(H,23,24,25,26). The van der Waals surface area contributed by atoms with Gasteiger partial charge in [-0.1, -0.05) is 13.8 Å². The van der Waals surface area contributed by atoms with Crippen LogP contribution in [0.25, 0.3) is 11.4 Å². The fourth-order valence-corrected chi connectivity index (χ4v) is 3.26. The first kappa shape index (κ1) is 18.1. The van der Waals surface area contributed by atoms with E-state index < -0.39 is 0 Å². The summed E-state index contributed by atoms with van der Waals surface area (Å²) >= 11 is 0. The van der Waals surface area contributed by atoms with Crippen LogP contribution in [0, 0.1) is 5.92 Å². The molecule has 3 heterocycles. The second-order valence-electron chi connectivity index (χ2n) is 7.36. The molecule has 4 rings (SSSR count). The summed E-state index contributed by atoms with van der Waals surface area (Å²) in [5.41, 5.74) is 3.87. The van der Waals surface area contributed by atoms with Crippen LogP contribution < -0.4 is 10.2 Å². The summed E-state index contributed by atoms with van der Waals surface area (Å²) in [4.78, 5) is 18.9. The monoisotopic (exact) mass is 377 g/mol. The predicted octanol–water partition coefficient (Wildman–Crippen LogP) is 3.33. The summed E-state index contributed by atoms with van der Waals surface area (Å²) in [6.45, 7) is 5.09. The van der Waals surface area contributed by atoms with Crippen molar-refractivity contribution in [2.45, 2.75) is 33.1 Å². The third kappa shape index (κ3) is 3.85. The van der Waals surface area contributed by atoms with Crippen LogP contribution >= 0.6 is 0 Å². The molecule has 2 aromatic heterocycles. The molecular formula is C20H23N7O. The molecule has 3 aromatic rings. The van der Waals surface area contributed by atoms with Crippen LogP contribution in [0.15, 0.2) is 36.5 Å². The largest absolute Gasteiger partial charge is 0.340 e. The third-order valence-electron chi connectivity index (χ3n) is 4.85. The van der Waals surface area contributed by atoms with Gasteiger partial charge in [0, 0.05) is 36.5 Å². The number of fused-ring (bicyclic) bond motifs is 1. The minimum Gasteiger partial charge on any atom is -0.340 e. The summed E-state index contributed by atoms with van der Waals surface area (Å²) < 4.78 is 0. The zero-order valence-corrected chi connectivity index (χ0v) is 16.0. The van der Waals surface area contributed by atoms with Crippen molar-refractivity contribution >= 4 is 23.1 Å². The van der Waals surface area contributed by atoms with Gasteiger partial charge in [0.2, 0.25) is 11.7 Å². The topological polar surface area (TPSA) is 99.7 Å². The number of aromatic nitrogens is 5. The van der Waals surface area contributed by atoms with Crippen molar-refractivity contribution in [3.8, 4) is 11.4 Å². The smallest absolute Gasteiger partial charge is 0.227 e. The lowest BCUT2D eigenvalue weighted by Crippen LogP contribution is -2.36. The Morgan fingerprint density at radius 2 is 2.04 bits per heavy atom. The van der Waals surface area contributed by atoms with E-state index in [1.165, 1.54) is 0 Å². The summed E-state index contributed by atoms with van der Waals surface area (Å²) in [6, 6.07) is 9.69. The average Bonchev–Trinajstić information content (AvgIpc) is 3.22. The van der Waals surface area contributed by atoms with E-state index in [-0.39, 0.29) is 5.91 Å². The first-order valence-corrected chi connectivity index (χ1v) is 9.50. The normalized spacial score (nSPS) is 13.7. The maximum Gasteiger partial charge on any atom is 0.227 e. The molecule has 0 saturated carbocycles. The first-order chi connectivity index (χ1) is 13.6. The molecule has 28 heavy (non-hydrogen) atoms. The molecule has 8 heteroatoms. The molecule has 0 saturated heterocycles. The summed E-state index contributed by atoms with van der Waals surface area (Å²) in [7, 11) is 0. The van der Waals surface area contributed by atoms with Crippen LogP contribution in [0.2, 0.25) is 0 Å². The van der Waals surface area contributed by atoms with Crippen LogP contribution in [-0.2, 0) is 11.2 Å². The number of amides is 1. The lowest BCUT2D eigenvalue weighted by molar-refractivity contribution is -0.118. The Labute approximate surface area is 163 Å².